The van der Waals surface area contributed by atoms with Gasteiger partial charge in [0, 0.05) is 23.9 Å². The molecule has 1 aromatic carbocycles. The molecule has 0 saturated carbocycles. The molecule has 1 unspecified atom stereocenters. The number of hydrogen-bond donors (Lipinski definition) is 0. The minimum absolute atomic E-state index is 0.443. The number of rotatable bonds is 5. The van der Waals surface area contributed by atoms with Gasteiger partial charge in [-0.1, -0.05) is 18.5 Å². The van der Waals surface area contributed by atoms with Crippen molar-refractivity contribution in [3.8, 4) is 6.07 Å². The first-order valence-corrected chi connectivity index (χ1v) is 7.32. The van der Waals surface area contributed by atoms with Crippen LogP contribution >= 0.6 is 23.4 Å². The van der Waals surface area contributed by atoms with E-state index in [0.717, 1.165) is 17.9 Å². The molecule has 1 rings (SSSR count). The number of benzene rings is 1. The van der Waals surface area contributed by atoms with Crippen LogP contribution in [0, 0.1) is 11.3 Å². The van der Waals surface area contributed by atoms with Crippen molar-refractivity contribution in [1.29, 1.82) is 5.26 Å². The maximum Gasteiger partial charge on any atom is 0.101 e. The molecule has 0 amide bonds. The number of halogens is 1. The van der Waals surface area contributed by atoms with Crippen molar-refractivity contribution in [3.05, 3.63) is 28.8 Å². The van der Waals surface area contributed by atoms with Crippen molar-refractivity contribution in [3.63, 3.8) is 0 Å². The van der Waals surface area contributed by atoms with Gasteiger partial charge >= 0.3 is 0 Å². The summed E-state index contributed by atoms with van der Waals surface area (Å²) in [7, 11) is 2.04. The van der Waals surface area contributed by atoms with Gasteiger partial charge in [-0.15, -0.1) is 0 Å². The second-order valence-electron chi connectivity index (χ2n) is 3.90. The Balaban J connectivity index is 3.02. The van der Waals surface area contributed by atoms with E-state index in [-0.39, 0.29) is 0 Å². The number of nitriles is 1. The van der Waals surface area contributed by atoms with Gasteiger partial charge in [0.2, 0.25) is 0 Å². The molecule has 0 heterocycles. The van der Waals surface area contributed by atoms with Crippen molar-refractivity contribution in [2.45, 2.75) is 19.4 Å². The highest BCUT2D eigenvalue weighted by molar-refractivity contribution is 7.98. The van der Waals surface area contributed by atoms with Crippen LogP contribution in [0.5, 0.6) is 0 Å². The van der Waals surface area contributed by atoms with Crippen molar-refractivity contribution < 1.29 is 0 Å². The van der Waals surface area contributed by atoms with E-state index in [1.165, 1.54) is 0 Å². The van der Waals surface area contributed by atoms with Crippen molar-refractivity contribution in [1.82, 2.24) is 0 Å². The number of nitrogens with zero attached hydrogens (tertiary/aromatic N) is 2. The Morgan fingerprint density at radius 1 is 1.53 bits per heavy atom. The van der Waals surface area contributed by atoms with Crippen LogP contribution in [0.4, 0.5) is 5.69 Å². The maximum atomic E-state index is 9.14. The smallest absolute Gasteiger partial charge is 0.101 e. The fourth-order valence-corrected chi connectivity index (χ4v) is 2.81. The molecule has 1 atom stereocenters. The van der Waals surface area contributed by atoms with Gasteiger partial charge in [-0.3, -0.25) is 0 Å². The predicted octanol–water partition coefficient (Wildman–Crippen LogP) is 3.79. The van der Waals surface area contributed by atoms with Gasteiger partial charge in [-0.25, -0.2) is 0 Å². The molecular weight excluding hydrogens is 252 g/mol. The zero-order valence-corrected chi connectivity index (χ0v) is 12.0. The van der Waals surface area contributed by atoms with Gasteiger partial charge in [-0.2, -0.15) is 17.0 Å². The normalized spacial score (nSPS) is 11.9. The van der Waals surface area contributed by atoms with Crippen LogP contribution in [0.1, 0.15) is 18.9 Å². The molecule has 4 heteroatoms. The first-order chi connectivity index (χ1) is 8.13. The quantitative estimate of drug-likeness (QED) is 0.813. The summed E-state index contributed by atoms with van der Waals surface area (Å²) in [6.07, 6.45) is 3.16. The Bertz CT molecular complexity index is 414. The second kappa shape index (κ2) is 6.78. The van der Waals surface area contributed by atoms with Crippen LogP contribution in [0.2, 0.25) is 5.02 Å². The average Bonchev–Trinajstić information content (AvgIpc) is 2.34. The third kappa shape index (κ3) is 3.55. The summed E-state index contributed by atoms with van der Waals surface area (Å²) in [5, 5.41) is 9.74. The molecule has 1 aromatic rings. The first-order valence-electron chi connectivity index (χ1n) is 5.55. The standard InChI is InChI=1S/C13H17ClN2S/c1-4-12(9-17-3)16(2)13-6-5-11(14)7-10(13)8-15/h5-7,12H,4,9H2,1-3H3. The summed E-state index contributed by atoms with van der Waals surface area (Å²) < 4.78 is 0. The Morgan fingerprint density at radius 2 is 2.24 bits per heavy atom. The van der Waals surface area contributed by atoms with Crippen LogP contribution < -0.4 is 4.90 Å². The van der Waals surface area contributed by atoms with E-state index in [1.807, 2.05) is 30.9 Å². The monoisotopic (exact) mass is 268 g/mol. The number of thioether (sulfide) groups is 1. The molecule has 0 radical (unpaired) electrons. The van der Waals surface area contributed by atoms with Gasteiger partial charge < -0.3 is 4.90 Å². The molecule has 0 saturated heterocycles. The molecule has 0 N–H and O–H groups in total. The Hall–Kier alpha value is -0.850. The van der Waals surface area contributed by atoms with Crippen molar-refractivity contribution in [2.75, 3.05) is 24.0 Å². The van der Waals surface area contributed by atoms with E-state index in [9.17, 15) is 0 Å². The van der Waals surface area contributed by atoms with Gasteiger partial charge in [0.25, 0.3) is 0 Å². The first kappa shape index (κ1) is 14.2. The van der Waals surface area contributed by atoms with Gasteiger partial charge in [-0.05, 0) is 30.9 Å². The van der Waals surface area contributed by atoms with Crippen molar-refractivity contribution in [2.24, 2.45) is 0 Å². The van der Waals surface area contributed by atoms with E-state index in [2.05, 4.69) is 24.1 Å². The molecular formula is C13H17ClN2S. The van der Waals surface area contributed by atoms with E-state index < -0.39 is 0 Å². The summed E-state index contributed by atoms with van der Waals surface area (Å²) in [4.78, 5) is 2.17. The minimum Gasteiger partial charge on any atom is -0.370 e. The lowest BCUT2D eigenvalue weighted by molar-refractivity contribution is 0.672. The Labute approximate surface area is 113 Å². The Morgan fingerprint density at radius 3 is 2.76 bits per heavy atom. The lowest BCUT2D eigenvalue weighted by Crippen LogP contribution is -2.33. The second-order valence-corrected chi connectivity index (χ2v) is 5.25. The molecule has 0 aromatic heterocycles. The SMILES string of the molecule is CCC(CSC)N(C)c1ccc(Cl)cc1C#N. The lowest BCUT2D eigenvalue weighted by atomic mass is 10.1. The molecule has 0 bridgehead atoms. The molecule has 0 spiro atoms. The lowest BCUT2D eigenvalue weighted by Gasteiger charge is -2.29. The third-order valence-electron chi connectivity index (χ3n) is 2.84. The van der Waals surface area contributed by atoms with E-state index in [1.54, 1.807) is 6.07 Å². The predicted molar refractivity (Wildman–Crippen MR) is 77.0 cm³/mol. The topological polar surface area (TPSA) is 27.0 Å². The average molecular weight is 269 g/mol. The van der Waals surface area contributed by atoms with Crippen LogP contribution in [-0.2, 0) is 0 Å². The summed E-state index contributed by atoms with van der Waals surface area (Å²) in [5.41, 5.74) is 1.59. The van der Waals surface area contributed by atoms with Crippen LogP contribution in [-0.4, -0.2) is 25.1 Å². The fraction of sp³-hybridized carbons (Fsp3) is 0.462. The fourth-order valence-electron chi connectivity index (χ4n) is 1.80. The zero-order valence-electron chi connectivity index (χ0n) is 10.4. The van der Waals surface area contributed by atoms with Gasteiger partial charge in [0.1, 0.15) is 6.07 Å². The van der Waals surface area contributed by atoms with Crippen LogP contribution in [0.25, 0.3) is 0 Å². The molecule has 17 heavy (non-hydrogen) atoms. The molecule has 0 aliphatic rings. The van der Waals surface area contributed by atoms with E-state index >= 15 is 0 Å². The highest BCUT2D eigenvalue weighted by Crippen LogP contribution is 2.25. The van der Waals surface area contributed by atoms with E-state index in [0.29, 0.717) is 16.6 Å². The Kier molecular flexibility index (Phi) is 5.67. The minimum atomic E-state index is 0.443. The molecule has 0 aliphatic heterocycles. The molecule has 92 valence electrons. The number of anilines is 1. The van der Waals surface area contributed by atoms with Crippen LogP contribution in [0.15, 0.2) is 18.2 Å². The maximum absolute atomic E-state index is 9.14. The summed E-state index contributed by atoms with van der Waals surface area (Å²) in [6.45, 7) is 2.17. The number of hydrogen-bond acceptors (Lipinski definition) is 3. The molecule has 0 aliphatic carbocycles. The van der Waals surface area contributed by atoms with Gasteiger partial charge in [0.05, 0.1) is 11.3 Å². The summed E-state index contributed by atoms with van der Waals surface area (Å²) >= 11 is 7.72. The summed E-state index contributed by atoms with van der Waals surface area (Å²) in [6, 6.07) is 8.12. The van der Waals surface area contributed by atoms with Crippen molar-refractivity contribution >= 4 is 29.1 Å². The third-order valence-corrected chi connectivity index (χ3v) is 3.79. The highest BCUT2D eigenvalue weighted by atomic mass is 35.5. The van der Waals surface area contributed by atoms with Gasteiger partial charge in [0.15, 0.2) is 0 Å². The molecule has 2 nitrogen and oxygen atoms in total. The van der Waals surface area contributed by atoms with Crippen LogP contribution in [0.3, 0.4) is 0 Å². The summed E-state index contributed by atoms with van der Waals surface area (Å²) in [5.74, 6) is 1.06. The largest absolute Gasteiger partial charge is 0.370 e. The van der Waals surface area contributed by atoms with E-state index in [4.69, 9.17) is 16.9 Å². The zero-order chi connectivity index (χ0) is 12.8. The molecule has 0 fully saturated rings. The highest BCUT2D eigenvalue weighted by Gasteiger charge is 2.15.